The minimum Gasteiger partial charge on any atom is -0.422 e. The van der Waals surface area contributed by atoms with Gasteiger partial charge in [0.1, 0.15) is 5.58 Å². The van der Waals surface area contributed by atoms with E-state index in [-0.39, 0.29) is 17.6 Å². The zero-order valence-corrected chi connectivity index (χ0v) is 13.7. The van der Waals surface area contributed by atoms with E-state index < -0.39 is 0 Å². The van der Waals surface area contributed by atoms with Crippen LogP contribution in [0.5, 0.6) is 0 Å². The van der Waals surface area contributed by atoms with Crippen molar-refractivity contribution in [1.82, 2.24) is 4.90 Å². The molecule has 1 amide bonds. The minimum absolute atomic E-state index is 0.0295. The standard InChI is InChI=1S/C18H17NO3S/c1-11-6-4-5-9-19(11)17(20)15-10-13-16(23-15)12-7-2-3-8-14(12)22-18(13)21/h2-3,7-8,10-11H,4-6,9H2,1H3. The molecule has 1 saturated heterocycles. The summed E-state index contributed by atoms with van der Waals surface area (Å²) in [6.07, 6.45) is 3.26. The highest BCUT2D eigenvalue weighted by atomic mass is 32.1. The monoisotopic (exact) mass is 327 g/mol. The summed E-state index contributed by atoms with van der Waals surface area (Å²) < 4.78 is 6.20. The number of fused-ring (bicyclic) bond motifs is 3. The quantitative estimate of drug-likeness (QED) is 0.634. The predicted octanol–water partition coefficient (Wildman–Crippen LogP) is 4.02. The van der Waals surface area contributed by atoms with Gasteiger partial charge in [-0.1, -0.05) is 12.1 Å². The highest BCUT2D eigenvalue weighted by Crippen LogP contribution is 2.32. The number of benzene rings is 1. The van der Waals surface area contributed by atoms with Gasteiger partial charge in [-0.05, 0) is 44.4 Å². The number of piperidine rings is 1. The molecule has 1 aliphatic heterocycles. The highest BCUT2D eigenvalue weighted by Gasteiger charge is 2.26. The fourth-order valence-corrected chi connectivity index (χ4v) is 4.42. The molecule has 1 aliphatic rings. The topological polar surface area (TPSA) is 50.5 Å². The third-order valence-electron chi connectivity index (χ3n) is 4.56. The summed E-state index contributed by atoms with van der Waals surface area (Å²) in [6, 6.07) is 9.41. The first-order valence-electron chi connectivity index (χ1n) is 7.91. The molecule has 0 N–H and O–H groups in total. The lowest BCUT2D eigenvalue weighted by Crippen LogP contribution is -2.41. The molecule has 4 rings (SSSR count). The molecular weight excluding hydrogens is 310 g/mol. The van der Waals surface area contributed by atoms with Crippen LogP contribution in [-0.4, -0.2) is 23.4 Å². The fourth-order valence-electron chi connectivity index (χ4n) is 3.29. The summed E-state index contributed by atoms with van der Waals surface area (Å²) in [5.41, 5.74) is 0.192. The molecule has 3 aromatic rings. The Labute approximate surface area is 137 Å². The van der Waals surface area contributed by atoms with Gasteiger partial charge < -0.3 is 9.32 Å². The lowest BCUT2D eigenvalue weighted by molar-refractivity contribution is 0.0641. The smallest absolute Gasteiger partial charge is 0.345 e. The zero-order chi connectivity index (χ0) is 16.0. The van der Waals surface area contributed by atoms with Crippen LogP contribution in [0.15, 0.2) is 39.5 Å². The van der Waals surface area contributed by atoms with Gasteiger partial charge in [-0.15, -0.1) is 11.3 Å². The number of thiophene rings is 1. The molecule has 4 nitrogen and oxygen atoms in total. The molecule has 0 radical (unpaired) electrons. The Kier molecular flexibility index (Phi) is 3.45. The largest absolute Gasteiger partial charge is 0.422 e. The van der Waals surface area contributed by atoms with Gasteiger partial charge in [-0.3, -0.25) is 4.79 Å². The van der Waals surface area contributed by atoms with E-state index in [1.165, 1.54) is 17.8 Å². The van der Waals surface area contributed by atoms with Crippen molar-refractivity contribution < 1.29 is 9.21 Å². The van der Waals surface area contributed by atoms with Crippen LogP contribution < -0.4 is 5.63 Å². The Morgan fingerprint density at radius 3 is 2.91 bits per heavy atom. The molecule has 2 aromatic heterocycles. The van der Waals surface area contributed by atoms with Crippen molar-refractivity contribution in [3.63, 3.8) is 0 Å². The molecule has 3 heterocycles. The van der Waals surface area contributed by atoms with Gasteiger partial charge in [0.25, 0.3) is 5.91 Å². The first-order valence-corrected chi connectivity index (χ1v) is 8.73. The minimum atomic E-state index is -0.374. The number of carbonyl (C=O) groups excluding carboxylic acids is 1. The van der Waals surface area contributed by atoms with Gasteiger partial charge in [0.05, 0.1) is 15.0 Å². The molecule has 23 heavy (non-hydrogen) atoms. The Balaban J connectivity index is 1.85. The molecule has 118 valence electrons. The molecular formula is C18H17NO3S. The maximum absolute atomic E-state index is 12.8. The van der Waals surface area contributed by atoms with Crippen LogP contribution in [0.3, 0.4) is 0 Å². The fraction of sp³-hybridized carbons (Fsp3) is 0.333. The number of carbonyl (C=O) groups is 1. The molecule has 1 unspecified atom stereocenters. The van der Waals surface area contributed by atoms with Crippen molar-refractivity contribution in [1.29, 1.82) is 0 Å². The average Bonchev–Trinajstić information content (AvgIpc) is 3.01. The van der Waals surface area contributed by atoms with Crippen LogP contribution in [0.2, 0.25) is 0 Å². The van der Waals surface area contributed by atoms with Crippen LogP contribution in [0, 0.1) is 0 Å². The zero-order valence-electron chi connectivity index (χ0n) is 12.9. The summed E-state index contributed by atoms with van der Waals surface area (Å²) in [5.74, 6) is 0.0295. The van der Waals surface area contributed by atoms with Crippen LogP contribution in [-0.2, 0) is 0 Å². The number of amides is 1. The van der Waals surface area contributed by atoms with Gasteiger partial charge in [0.2, 0.25) is 0 Å². The summed E-state index contributed by atoms with van der Waals surface area (Å²) in [7, 11) is 0. The Hall–Kier alpha value is -2.14. The van der Waals surface area contributed by atoms with Gasteiger partial charge in [-0.2, -0.15) is 0 Å². The second-order valence-electron chi connectivity index (χ2n) is 6.08. The molecule has 0 saturated carbocycles. The van der Waals surface area contributed by atoms with Crippen LogP contribution in [0.25, 0.3) is 21.1 Å². The second kappa shape index (κ2) is 5.49. The lowest BCUT2D eigenvalue weighted by Gasteiger charge is -2.33. The first kappa shape index (κ1) is 14.5. The maximum atomic E-state index is 12.8. The number of rotatable bonds is 1. The first-order chi connectivity index (χ1) is 11.1. The molecule has 0 spiro atoms. The molecule has 5 heteroatoms. The van der Waals surface area contributed by atoms with E-state index in [1.54, 1.807) is 12.1 Å². The van der Waals surface area contributed by atoms with E-state index in [1.807, 2.05) is 23.1 Å². The highest BCUT2D eigenvalue weighted by molar-refractivity contribution is 7.21. The van der Waals surface area contributed by atoms with Crippen molar-refractivity contribution in [2.24, 2.45) is 0 Å². The Bertz CT molecular complexity index is 956. The summed E-state index contributed by atoms with van der Waals surface area (Å²) >= 11 is 1.39. The Morgan fingerprint density at radius 1 is 1.26 bits per heavy atom. The number of nitrogens with zero attached hydrogens (tertiary/aromatic N) is 1. The second-order valence-corrected chi connectivity index (χ2v) is 7.13. The van der Waals surface area contributed by atoms with Gasteiger partial charge in [0, 0.05) is 18.0 Å². The molecule has 0 aliphatic carbocycles. The van der Waals surface area contributed by atoms with Crippen molar-refractivity contribution in [2.75, 3.05) is 6.54 Å². The third-order valence-corrected chi connectivity index (χ3v) is 5.72. The van der Waals surface area contributed by atoms with Gasteiger partial charge >= 0.3 is 5.63 Å². The van der Waals surface area contributed by atoms with Crippen LogP contribution in [0.1, 0.15) is 35.9 Å². The van der Waals surface area contributed by atoms with Crippen molar-refractivity contribution in [3.8, 4) is 0 Å². The van der Waals surface area contributed by atoms with E-state index in [0.29, 0.717) is 15.8 Å². The number of likely N-dealkylation sites (tertiary alicyclic amines) is 1. The maximum Gasteiger partial charge on any atom is 0.345 e. The summed E-state index contributed by atoms with van der Waals surface area (Å²) in [6.45, 7) is 2.89. The number of hydrogen-bond donors (Lipinski definition) is 0. The number of para-hydroxylation sites is 1. The molecule has 1 fully saturated rings. The van der Waals surface area contributed by atoms with E-state index in [0.717, 1.165) is 29.5 Å². The van der Waals surface area contributed by atoms with Gasteiger partial charge in [-0.25, -0.2) is 4.79 Å². The lowest BCUT2D eigenvalue weighted by atomic mass is 10.0. The normalized spacial score (nSPS) is 18.7. The van der Waals surface area contributed by atoms with E-state index in [2.05, 4.69) is 6.92 Å². The average molecular weight is 327 g/mol. The molecule has 0 bridgehead atoms. The van der Waals surface area contributed by atoms with Crippen molar-refractivity contribution in [2.45, 2.75) is 32.2 Å². The third kappa shape index (κ3) is 2.36. The number of hydrogen-bond acceptors (Lipinski definition) is 4. The van der Waals surface area contributed by atoms with E-state index in [4.69, 9.17) is 4.42 Å². The van der Waals surface area contributed by atoms with Crippen molar-refractivity contribution >= 4 is 38.3 Å². The van der Waals surface area contributed by atoms with Crippen molar-refractivity contribution in [3.05, 3.63) is 45.6 Å². The molecule has 1 atom stereocenters. The van der Waals surface area contributed by atoms with E-state index in [9.17, 15) is 9.59 Å². The Morgan fingerprint density at radius 2 is 2.09 bits per heavy atom. The summed E-state index contributed by atoms with van der Waals surface area (Å²) in [4.78, 5) is 27.6. The summed E-state index contributed by atoms with van der Waals surface area (Å²) in [5, 5.41) is 1.39. The predicted molar refractivity (Wildman–Crippen MR) is 92.2 cm³/mol. The molecule has 1 aromatic carbocycles. The SMILES string of the molecule is CC1CCCCN1C(=O)c1cc2c(=O)oc3ccccc3c2s1. The van der Waals surface area contributed by atoms with Crippen LogP contribution >= 0.6 is 11.3 Å². The van der Waals surface area contributed by atoms with Crippen LogP contribution in [0.4, 0.5) is 0 Å². The van der Waals surface area contributed by atoms with E-state index >= 15 is 0 Å². The van der Waals surface area contributed by atoms with Gasteiger partial charge in [0.15, 0.2) is 0 Å².